The molecule has 1 aromatic carbocycles. The topological polar surface area (TPSA) is 43.6 Å². The van der Waals surface area contributed by atoms with Crippen molar-refractivity contribution in [2.75, 3.05) is 5.75 Å². The largest absolute Gasteiger partial charge is 0.573 e. The van der Waals surface area contributed by atoms with Gasteiger partial charge in [0, 0.05) is 23.9 Å². The van der Waals surface area contributed by atoms with Gasteiger partial charge in [0.05, 0.1) is 16.5 Å². The number of hydrogen-bond acceptors (Lipinski definition) is 4. The first-order valence-electron chi connectivity index (χ1n) is 9.39. The molecule has 0 aliphatic rings. The van der Waals surface area contributed by atoms with Gasteiger partial charge >= 0.3 is 6.36 Å². The Bertz CT molecular complexity index is 1150. The number of benzene rings is 1. The highest BCUT2D eigenvalue weighted by Gasteiger charge is 2.31. The number of pyridine rings is 1. The number of fused-ring (bicyclic) bond motifs is 1. The van der Waals surface area contributed by atoms with Gasteiger partial charge in [-0.15, -0.1) is 24.9 Å². The highest BCUT2D eigenvalue weighted by atomic mass is 35.5. The molecule has 0 N–H and O–H groups in total. The number of Topliss-reactive ketones (excluding diaryl/α,β-unsaturated/α-hetero) is 1. The van der Waals surface area contributed by atoms with Gasteiger partial charge < -0.3 is 4.74 Å². The summed E-state index contributed by atoms with van der Waals surface area (Å²) in [6.07, 6.45) is -1.76. The Morgan fingerprint density at radius 1 is 1.26 bits per heavy atom. The van der Waals surface area contributed by atoms with Crippen LogP contribution in [0.2, 0.25) is 5.02 Å². The third-order valence-electron chi connectivity index (χ3n) is 4.08. The quantitative estimate of drug-likeness (QED) is 0.407. The van der Waals surface area contributed by atoms with Crippen molar-refractivity contribution >= 4 is 34.8 Å². The Morgan fingerprint density at radius 3 is 2.81 bits per heavy atom. The molecule has 2 aromatic heterocycles. The Balaban J connectivity index is 1.90. The minimum atomic E-state index is -4.77. The molecule has 0 fully saturated rings. The Labute approximate surface area is 186 Å². The van der Waals surface area contributed by atoms with Crippen LogP contribution in [0.4, 0.5) is 13.2 Å². The molecule has 0 atom stereocenters. The molecule has 0 unspecified atom stereocenters. The Kier molecular flexibility index (Phi) is 7.52. The van der Waals surface area contributed by atoms with Crippen molar-refractivity contribution in [2.24, 2.45) is 0 Å². The van der Waals surface area contributed by atoms with E-state index in [1.165, 1.54) is 30.0 Å². The first-order valence-corrected chi connectivity index (χ1v) is 10.9. The lowest BCUT2D eigenvalue weighted by Crippen LogP contribution is -2.17. The highest BCUT2D eigenvalue weighted by Crippen LogP contribution is 2.24. The number of imidazole rings is 1. The van der Waals surface area contributed by atoms with Crippen LogP contribution in [-0.2, 0) is 10.5 Å². The van der Waals surface area contributed by atoms with Crippen LogP contribution in [-0.4, -0.2) is 27.3 Å². The number of thioether (sulfide) groups is 1. The molecule has 2 heterocycles. The number of halogens is 4. The van der Waals surface area contributed by atoms with E-state index in [1.54, 1.807) is 28.8 Å². The monoisotopic (exact) mass is 466 g/mol. The molecule has 4 nitrogen and oxygen atoms in total. The van der Waals surface area contributed by atoms with E-state index in [2.05, 4.69) is 21.6 Å². The fourth-order valence-corrected chi connectivity index (χ4v) is 3.84. The van der Waals surface area contributed by atoms with Crippen LogP contribution in [0.1, 0.15) is 36.7 Å². The van der Waals surface area contributed by atoms with Gasteiger partial charge in [-0.05, 0) is 42.7 Å². The number of hydrogen-bond donors (Lipinski definition) is 0. The Morgan fingerprint density at radius 2 is 2.06 bits per heavy atom. The maximum atomic E-state index is 12.5. The molecule has 3 rings (SSSR count). The molecule has 0 spiro atoms. The summed E-state index contributed by atoms with van der Waals surface area (Å²) in [4.78, 5) is 16.4. The van der Waals surface area contributed by atoms with E-state index in [4.69, 9.17) is 11.6 Å². The molecular formula is C22H18ClF3N2O2S. The van der Waals surface area contributed by atoms with E-state index in [9.17, 15) is 18.0 Å². The van der Waals surface area contributed by atoms with Crippen molar-refractivity contribution in [2.45, 2.75) is 31.9 Å². The van der Waals surface area contributed by atoms with Crippen LogP contribution >= 0.6 is 23.4 Å². The average Bonchev–Trinajstić information content (AvgIpc) is 3.02. The van der Waals surface area contributed by atoms with Gasteiger partial charge in [0.1, 0.15) is 22.9 Å². The zero-order valence-corrected chi connectivity index (χ0v) is 18.1. The van der Waals surface area contributed by atoms with E-state index in [0.29, 0.717) is 45.5 Å². The van der Waals surface area contributed by atoms with E-state index in [1.807, 2.05) is 6.92 Å². The van der Waals surface area contributed by atoms with Crippen LogP contribution in [0.5, 0.6) is 5.75 Å². The lowest BCUT2D eigenvalue weighted by atomic mass is 10.2. The van der Waals surface area contributed by atoms with Crippen molar-refractivity contribution in [3.63, 3.8) is 0 Å². The molecule has 0 saturated heterocycles. The SMILES string of the molecule is CCCC(=O)CSCc1nc2ccc(Cl)cn2c1C#Cc1cccc(OC(F)(F)F)c1. The molecule has 9 heteroatoms. The predicted octanol–water partition coefficient (Wildman–Crippen LogP) is 5.89. The molecule has 0 aliphatic heterocycles. The second kappa shape index (κ2) is 10.1. The smallest absolute Gasteiger partial charge is 0.406 e. The van der Waals surface area contributed by atoms with Gasteiger partial charge in [-0.25, -0.2) is 4.98 Å². The lowest BCUT2D eigenvalue weighted by molar-refractivity contribution is -0.274. The number of rotatable bonds is 7. The van der Waals surface area contributed by atoms with Gasteiger partial charge in [-0.3, -0.25) is 9.20 Å². The molecule has 0 radical (unpaired) electrons. The van der Waals surface area contributed by atoms with Gasteiger partial charge in [0.2, 0.25) is 0 Å². The molecule has 0 amide bonds. The minimum absolute atomic E-state index is 0.174. The van der Waals surface area contributed by atoms with Gasteiger partial charge in [-0.1, -0.05) is 30.5 Å². The number of ether oxygens (including phenoxy) is 1. The normalized spacial score (nSPS) is 11.3. The number of nitrogens with zero attached hydrogens (tertiary/aromatic N) is 2. The first-order chi connectivity index (χ1) is 14.7. The van der Waals surface area contributed by atoms with Crippen LogP contribution in [0, 0.1) is 11.8 Å². The summed E-state index contributed by atoms with van der Waals surface area (Å²) in [5.41, 5.74) is 2.23. The summed E-state index contributed by atoms with van der Waals surface area (Å²) in [6.45, 7) is 1.96. The highest BCUT2D eigenvalue weighted by molar-refractivity contribution is 7.99. The average molecular weight is 467 g/mol. The molecule has 31 heavy (non-hydrogen) atoms. The van der Waals surface area contributed by atoms with E-state index in [-0.39, 0.29) is 11.5 Å². The van der Waals surface area contributed by atoms with Gasteiger partial charge in [-0.2, -0.15) is 0 Å². The van der Waals surface area contributed by atoms with E-state index >= 15 is 0 Å². The van der Waals surface area contributed by atoms with Crippen molar-refractivity contribution in [3.05, 3.63) is 64.6 Å². The fourth-order valence-electron chi connectivity index (χ4n) is 2.82. The summed E-state index contributed by atoms with van der Waals surface area (Å²) in [7, 11) is 0. The number of alkyl halides is 3. The predicted molar refractivity (Wildman–Crippen MR) is 115 cm³/mol. The van der Waals surface area contributed by atoms with Crippen molar-refractivity contribution in [1.82, 2.24) is 9.38 Å². The third kappa shape index (κ3) is 6.68. The Hall–Kier alpha value is -2.63. The van der Waals surface area contributed by atoms with E-state index < -0.39 is 6.36 Å². The second-order valence-corrected chi connectivity index (χ2v) is 8.01. The maximum absolute atomic E-state index is 12.5. The summed E-state index contributed by atoms with van der Waals surface area (Å²) in [5, 5.41) is 0.492. The van der Waals surface area contributed by atoms with Crippen LogP contribution in [0.25, 0.3) is 5.65 Å². The van der Waals surface area contributed by atoms with Crippen LogP contribution in [0.15, 0.2) is 42.6 Å². The molecule has 3 aromatic rings. The number of carbonyl (C=O) groups excluding carboxylic acids is 1. The van der Waals surface area contributed by atoms with Crippen molar-refractivity contribution in [1.29, 1.82) is 0 Å². The minimum Gasteiger partial charge on any atom is -0.406 e. The third-order valence-corrected chi connectivity index (χ3v) is 5.31. The van der Waals surface area contributed by atoms with Gasteiger partial charge in [0.25, 0.3) is 0 Å². The van der Waals surface area contributed by atoms with Crippen LogP contribution in [0.3, 0.4) is 0 Å². The summed E-state index contributed by atoms with van der Waals surface area (Å²) >= 11 is 7.56. The molecule has 0 saturated carbocycles. The first kappa shape index (κ1) is 23.0. The number of ketones is 1. The van der Waals surface area contributed by atoms with Crippen molar-refractivity contribution in [3.8, 4) is 17.6 Å². The lowest BCUT2D eigenvalue weighted by Gasteiger charge is -2.08. The summed E-state index contributed by atoms with van der Waals surface area (Å²) in [5.74, 6) is 6.54. The van der Waals surface area contributed by atoms with Crippen LogP contribution < -0.4 is 4.74 Å². The summed E-state index contributed by atoms with van der Waals surface area (Å²) in [6, 6.07) is 8.91. The second-order valence-electron chi connectivity index (χ2n) is 6.59. The molecular weight excluding hydrogens is 449 g/mol. The number of aromatic nitrogens is 2. The van der Waals surface area contributed by atoms with Crippen molar-refractivity contribution < 1.29 is 22.7 Å². The van der Waals surface area contributed by atoms with E-state index in [0.717, 1.165) is 6.42 Å². The summed E-state index contributed by atoms with van der Waals surface area (Å²) < 4.78 is 43.1. The molecule has 162 valence electrons. The zero-order valence-electron chi connectivity index (χ0n) is 16.5. The number of carbonyl (C=O) groups is 1. The fraction of sp³-hybridized carbons (Fsp3) is 0.273. The van der Waals surface area contributed by atoms with Gasteiger partial charge in [0.15, 0.2) is 0 Å². The zero-order chi connectivity index (χ0) is 22.4. The maximum Gasteiger partial charge on any atom is 0.573 e. The molecule has 0 bridgehead atoms. The standard InChI is InChI=1S/C22H18ClF3N2O2S/c1-2-4-17(29)13-31-14-19-20(28-12-16(23)8-10-21(28)27-19)9-7-15-5-3-6-18(11-15)30-22(24,25)26/h3,5-6,8,10-12H,2,4,13-14H2,1H3. The molecule has 0 aliphatic carbocycles.